The Bertz CT molecular complexity index is 344. The third-order valence-corrected chi connectivity index (χ3v) is 3.37. The lowest BCUT2D eigenvalue weighted by molar-refractivity contribution is 0.0927. The summed E-state index contributed by atoms with van der Waals surface area (Å²) in [6.45, 7) is 6.02. The molecule has 0 saturated heterocycles. The molecule has 76 valence electrons. The Hall–Kier alpha value is -0.630. The maximum Gasteiger partial charge on any atom is 0.165 e. The molecule has 1 aromatic carbocycles. The van der Waals surface area contributed by atoms with Crippen LogP contribution in [0.15, 0.2) is 22.7 Å². The lowest BCUT2D eigenvalue weighted by Crippen LogP contribution is -2.10. The van der Waals surface area contributed by atoms with Crippen LogP contribution in [0, 0.1) is 12.8 Å². The molecule has 0 heterocycles. The van der Waals surface area contributed by atoms with Gasteiger partial charge in [-0.25, -0.2) is 0 Å². The average Bonchev–Trinajstić information content (AvgIpc) is 2.20. The van der Waals surface area contributed by atoms with Gasteiger partial charge in [0.25, 0.3) is 0 Å². The molecule has 0 spiro atoms. The molecule has 0 radical (unpaired) electrons. The van der Waals surface area contributed by atoms with E-state index in [1.54, 1.807) is 0 Å². The minimum absolute atomic E-state index is 0.115. The molecular formula is C12H15BrO. The predicted molar refractivity (Wildman–Crippen MR) is 62.7 cm³/mol. The SMILES string of the molecule is CCC(C)C(=O)c1ccc(C)c(Br)c1. The van der Waals surface area contributed by atoms with Crippen molar-refractivity contribution in [1.29, 1.82) is 0 Å². The van der Waals surface area contributed by atoms with Gasteiger partial charge in [-0.1, -0.05) is 41.9 Å². The summed E-state index contributed by atoms with van der Waals surface area (Å²) in [5.41, 5.74) is 1.96. The van der Waals surface area contributed by atoms with E-state index < -0.39 is 0 Å². The summed E-state index contributed by atoms with van der Waals surface area (Å²) in [4.78, 5) is 11.8. The Morgan fingerprint density at radius 3 is 2.64 bits per heavy atom. The molecule has 0 fully saturated rings. The van der Waals surface area contributed by atoms with Gasteiger partial charge in [0.1, 0.15) is 0 Å². The molecule has 1 atom stereocenters. The summed E-state index contributed by atoms with van der Waals surface area (Å²) in [5, 5.41) is 0. The van der Waals surface area contributed by atoms with Crippen LogP contribution < -0.4 is 0 Å². The van der Waals surface area contributed by atoms with Crippen molar-refractivity contribution < 1.29 is 4.79 Å². The van der Waals surface area contributed by atoms with Crippen molar-refractivity contribution in [3.8, 4) is 0 Å². The number of Topliss-reactive ketones (excluding diaryl/α,β-unsaturated/α-hetero) is 1. The third kappa shape index (κ3) is 2.44. The van der Waals surface area contributed by atoms with Gasteiger partial charge in [-0.3, -0.25) is 4.79 Å². The normalized spacial score (nSPS) is 12.6. The molecule has 1 unspecified atom stereocenters. The molecule has 1 aromatic rings. The quantitative estimate of drug-likeness (QED) is 0.746. The number of ketones is 1. The molecule has 0 N–H and O–H groups in total. The van der Waals surface area contributed by atoms with Crippen molar-refractivity contribution in [1.82, 2.24) is 0 Å². The highest BCUT2D eigenvalue weighted by atomic mass is 79.9. The Labute approximate surface area is 93.7 Å². The minimum atomic E-state index is 0.115. The van der Waals surface area contributed by atoms with Crippen molar-refractivity contribution in [2.45, 2.75) is 27.2 Å². The van der Waals surface area contributed by atoms with Crippen LogP contribution in [0.5, 0.6) is 0 Å². The van der Waals surface area contributed by atoms with E-state index in [4.69, 9.17) is 0 Å². The topological polar surface area (TPSA) is 17.1 Å². The van der Waals surface area contributed by atoms with Gasteiger partial charge in [0.2, 0.25) is 0 Å². The van der Waals surface area contributed by atoms with E-state index in [1.807, 2.05) is 39.0 Å². The second-order valence-electron chi connectivity index (χ2n) is 3.64. The van der Waals surface area contributed by atoms with Crippen LogP contribution in [0.2, 0.25) is 0 Å². The second-order valence-corrected chi connectivity index (χ2v) is 4.49. The van der Waals surface area contributed by atoms with Crippen LogP contribution in [0.3, 0.4) is 0 Å². The fourth-order valence-electron chi connectivity index (χ4n) is 1.22. The summed E-state index contributed by atoms with van der Waals surface area (Å²) in [7, 11) is 0. The highest BCUT2D eigenvalue weighted by molar-refractivity contribution is 9.10. The van der Waals surface area contributed by atoms with Gasteiger partial charge in [0.15, 0.2) is 5.78 Å². The molecule has 0 amide bonds. The first-order valence-electron chi connectivity index (χ1n) is 4.86. The van der Waals surface area contributed by atoms with Crippen LogP contribution in [0.4, 0.5) is 0 Å². The molecule has 0 aromatic heterocycles. The minimum Gasteiger partial charge on any atom is -0.294 e. The molecule has 1 rings (SSSR count). The van der Waals surface area contributed by atoms with Gasteiger partial charge in [-0.15, -0.1) is 0 Å². The molecule has 0 aliphatic rings. The molecule has 0 aliphatic carbocycles. The van der Waals surface area contributed by atoms with Crippen molar-refractivity contribution in [2.75, 3.05) is 0 Å². The van der Waals surface area contributed by atoms with Gasteiger partial charge >= 0.3 is 0 Å². The van der Waals surface area contributed by atoms with Gasteiger partial charge in [-0.05, 0) is 25.0 Å². The summed E-state index contributed by atoms with van der Waals surface area (Å²) in [5.74, 6) is 0.345. The first-order valence-corrected chi connectivity index (χ1v) is 5.66. The van der Waals surface area contributed by atoms with E-state index in [0.717, 1.165) is 22.0 Å². The van der Waals surface area contributed by atoms with Crippen molar-refractivity contribution in [2.24, 2.45) is 5.92 Å². The number of benzene rings is 1. The highest BCUT2D eigenvalue weighted by Gasteiger charge is 2.13. The van der Waals surface area contributed by atoms with Crippen LogP contribution in [0.1, 0.15) is 36.2 Å². The monoisotopic (exact) mass is 254 g/mol. The number of carbonyl (C=O) groups is 1. The fourth-order valence-corrected chi connectivity index (χ4v) is 1.59. The van der Waals surface area contributed by atoms with Crippen molar-refractivity contribution in [3.05, 3.63) is 33.8 Å². The van der Waals surface area contributed by atoms with E-state index >= 15 is 0 Å². The van der Waals surface area contributed by atoms with Gasteiger partial charge in [-0.2, -0.15) is 0 Å². The van der Waals surface area contributed by atoms with E-state index in [2.05, 4.69) is 15.9 Å². The average molecular weight is 255 g/mol. The number of aryl methyl sites for hydroxylation is 1. The number of carbonyl (C=O) groups excluding carboxylic acids is 1. The largest absolute Gasteiger partial charge is 0.294 e. The van der Waals surface area contributed by atoms with Crippen LogP contribution in [0.25, 0.3) is 0 Å². The highest BCUT2D eigenvalue weighted by Crippen LogP contribution is 2.20. The lowest BCUT2D eigenvalue weighted by atomic mass is 9.97. The molecule has 14 heavy (non-hydrogen) atoms. The second kappa shape index (κ2) is 4.74. The summed E-state index contributed by atoms with van der Waals surface area (Å²) in [6.07, 6.45) is 0.893. The van der Waals surface area contributed by atoms with Gasteiger partial charge < -0.3 is 0 Å². The summed E-state index contributed by atoms with van der Waals surface area (Å²) in [6, 6.07) is 5.78. The first-order chi connectivity index (χ1) is 6.56. The number of hydrogen-bond donors (Lipinski definition) is 0. The van der Waals surface area contributed by atoms with E-state index in [-0.39, 0.29) is 11.7 Å². The van der Waals surface area contributed by atoms with Gasteiger partial charge in [0, 0.05) is 16.0 Å². The zero-order valence-electron chi connectivity index (χ0n) is 8.80. The maximum absolute atomic E-state index is 11.8. The Balaban J connectivity index is 2.97. The maximum atomic E-state index is 11.8. The van der Waals surface area contributed by atoms with Crippen LogP contribution in [-0.4, -0.2) is 5.78 Å². The number of rotatable bonds is 3. The van der Waals surface area contributed by atoms with E-state index in [1.165, 1.54) is 0 Å². The van der Waals surface area contributed by atoms with Crippen molar-refractivity contribution in [3.63, 3.8) is 0 Å². The molecule has 1 nitrogen and oxygen atoms in total. The fraction of sp³-hybridized carbons (Fsp3) is 0.417. The molecule has 2 heteroatoms. The van der Waals surface area contributed by atoms with Gasteiger partial charge in [0.05, 0.1) is 0 Å². The van der Waals surface area contributed by atoms with E-state index in [9.17, 15) is 4.79 Å². The van der Waals surface area contributed by atoms with E-state index in [0.29, 0.717) is 0 Å². The predicted octanol–water partition coefficient (Wildman–Crippen LogP) is 3.99. The first kappa shape index (κ1) is 11.4. The Morgan fingerprint density at radius 2 is 2.14 bits per heavy atom. The van der Waals surface area contributed by atoms with Crippen LogP contribution in [-0.2, 0) is 0 Å². The lowest BCUT2D eigenvalue weighted by Gasteiger charge is -2.08. The zero-order valence-corrected chi connectivity index (χ0v) is 10.4. The number of hydrogen-bond acceptors (Lipinski definition) is 1. The van der Waals surface area contributed by atoms with Crippen LogP contribution >= 0.6 is 15.9 Å². The third-order valence-electron chi connectivity index (χ3n) is 2.52. The molecule has 0 saturated carbocycles. The molecule has 0 bridgehead atoms. The summed E-state index contributed by atoms with van der Waals surface area (Å²) >= 11 is 3.43. The smallest absolute Gasteiger partial charge is 0.165 e. The standard InChI is InChI=1S/C12H15BrO/c1-4-8(2)12(14)10-6-5-9(3)11(13)7-10/h5-8H,4H2,1-3H3. The molecule has 0 aliphatic heterocycles. The summed E-state index contributed by atoms with van der Waals surface area (Å²) < 4.78 is 1.01. The molecular weight excluding hydrogens is 240 g/mol. The number of halogens is 1. The Morgan fingerprint density at radius 1 is 1.50 bits per heavy atom. The van der Waals surface area contributed by atoms with Crippen molar-refractivity contribution >= 4 is 21.7 Å². The zero-order chi connectivity index (χ0) is 10.7. The Kier molecular flexibility index (Phi) is 3.87.